The third-order valence-electron chi connectivity index (χ3n) is 2.82. The van der Waals surface area contributed by atoms with E-state index in [9.17, 15) is 13.2 Å². The summed E-state index contributed by atoms with van der Waals surface area (Å²) >= 11 is 1.42. The summed E-state index contributed by atoms with van der Waals surface area (Å²) in [7, 11) is -3.81. The topological polar surface area (TPSA) is 63.2 Å². The van der Waals surface area contributed by atoms with Gasteiger partial charge in [-0.1, -0.05) is 23.8 Å². The normalized spacial score (nSPS) is 11.7. The van der Waals surface area contributed by atoms with Crippen molar-refractivity contribution in [2.24, 2.45) is 0 Å². The summed E-state index contributed by atoms with van der Waals surface area (Å²) in [4.78, 5) is 12.8. The Kier molecular flexibility index (Phi) is 4.59. The van der Waals surface area contributed by atoms with Crippen molar-refractivity contribution in [2.45, 2.75) is 13.8 Å². The molecule has 0 fully saturated rings. The first-order valence-electron chi connectivity index (χ1n) is 6.23. The Morgan fingerprint density at radius 2 is 2.00 bits per heavy atom. The molecule has 0 spiro atoms. The molecule has 0 aliphatic heterocycles. The molecule has 2 aromatic rings. The van der Waals surface area contributed by atoms with E-state index in [0.29, 0.717) is 5.56 Å². The van der Waals surface area contributed by atoms with Crippen LogP contribution in [0.1, 0.15) is 26.4 Å². The van der Waals surface area contributed by atoms with Crippen LogP contribution in [0.2, 0.25) is 0 Å². The molecule has 0 unspecified atom stereocenters. The van der Waals surface area contributed by atoms with Crippen LogP contribution in [0.15, 0.2) is 41.1 Å². The highest BCUT2D eigenvalue weighted by molar-refractivity contribution is 7.93. The molecule has 0 aliphatic carbocycles. The van der Waals surface area contributed by atoms with Gasteiger partial charge in [0.2, 0.25) is 0 Å². The molecule has 2 rings (SSSR count). The van der Waals surface area contributed by atoms with Crippen molar-refractivity contribution < 1.29 is 13.2 Å². The largest absolute Gasteiger partial charge is 0.268 e. The Balaban J connectivity index is 2.14. The molecule has 4 nitrogen and oxygen atoms in total. The van der Waals surface area contributed by atoms with Gasteiger partial charge in [-0.05, 0) is 43.0 Å². The molecule has 110 valence electrons. The van der Waals surface area contributed by atoms with Crippen LogP contribution in [-0.2, 0) is 10.0 Å². The minimum Gasteiger partial charge on any atom is -0.268 e. The predicted molar refractivity (Wildman–Crippen MR) is 85.7 cm³/mol. The number of carbonyl (C=O) groups excluding carboxylic acids is 1. The van der Waals surface area contributed by atoms with Crippen LogP contribution in [0.4, 0.5) is 0 Å². The highest BCUT2D eigenvalue weighted by Crippen LogP contribution is 2.13. The van der Waals surface area contributed by atoms with E-state index in [4.69, 9.17) is 0 Å². The second-order valence-electron chi connectivity index (χ2n) is 4.61. The minimum atomic E-state index is -3.81. The van der Waals surface area contributed by atoms with E-state index in [0.717, 1.165) is 21.4 Å². The zero-order chi connectivity index (χ0) is 15.5. The van der Waals surface area contributed by atoms with Crippen LogP contribution >= 0.6 is 11.3 Å². The fourth-order valence-electron chi connectivity index (χ4n) is 1.83. The molecule has 1 amide bonds. The molecule has 1 N–H and O–H groups in total. The molecular weight excluding hydrogens is 306 g/mol. The Morgan fingerprint density at radius 3 is 2.62 bits per heavy atom. The van der Waals surface area contributed by atoms with E-state index in [1.807, 2.05) is 29.2 Å². The maximum absolute atomic E-state index is 12.0. The summed E-state index contributed by atoms with van der Waals surface area (Å²) in [5, 5.41) is 2.85. The van der Waals surface area contributed by atoms with E-state index < -0.39 is 15.9 Å². The fraction of sp³-hybridized carbons (Fsp3) is 0.133. The number of nitrogens with one attached hydrogen (secondary N) is 1. The zero-order valence-electron chi connectivity index (χ0n) is 11.7. The summed E-state index contributed by atoms with van der Waals surface area (Å²) in [6.07, 6.45) is 1.46. The van der Waals surface area contributed by atoms with E-state index in [2.05, 4.69) is 0 Å². The molecule has 0 saturated carbocycles. The zero-order valence-corrected chi connectivity index (χ0v) is 13.3. The molecule has 0 aliphatic rings. The first kappa shape index (κ1) is 15.5. The third-order valence-corrected chi connectivity index (χ3v) is 4.62. The van der Waals surface area contributed by atoms with Gasteiger partial charge in [-0.3, -0.25) is 4.79 Å². The molecule has 0 bridgehead atoms. The van der Waals surface area contributed by atoms with Crippen LogP contribution in [0.25, 0.3) is 6.08 Å². The van der Waals surface area contributed by atoms with Crippen LogP contribution in [0.5, 0.6) is 0 Å². The Morgan fingerprint density at radius 1 is 1.24 bits per heavy atom. The van der Waals surface area contributed by atoms with Gasteiger partial charge in [0.25, 0.3) is 15.9 Å². The van der Waals surface area contributed by atoms with Gasteiger partial charge in [-0.15, -0.1) is 11.3 Å². The minimum absolute atomic E-state index is 0.355. The van der Waals surface area contributed by atoms with Crippen LogP contribution in [0, 0.1) is 13.8 Å². The molecule has 1 heterocycles. The van der Waals surface area contributed by atoms with Crippen LogP contribution in [0.3, 0.4) is 0 Å². The molecule has 1 aromatic carbocycles. The summed E-state index contributed by atoms with van der Waals surface area (Å²) < 4.78 is 25.8. The number of aryl methyl sites for hydroxylation is 2. The molecule has 0 saturated heterocycles. The Labute approximate surface area is 128 Å². The molecular formula is C15H15NO3S2. The van der Waals surface area contributed by atoms with Crippen molar-refractivity contribution in [3.8, 4) is 0 Å². The SMILES string of the molecule is Cc1ccc(C(=O)NS(=O)(=O)C=Cc2cccs2)c(C)c1. The van der Waals surface area contributed by atoms with E-state index >= 15 is 0 Å². The summed E-state index contributed by atoms with van der Waals surface area (Å²) in [5.41, 5.74) is 2.11. The quantitative estimate of drug-likeness (QED) is 0.941. The monoisotopic (exact) mass is 321 g/mol. The second kappa shape index (κ2) is 6.24. The van der Waals surface area contributed by atoms with Crippen molar-refractivity contribution in [3.63, 3.8) is 0 Å². The molecule has 0 atom stereocenters. The highest BCUT2D eigenvalue weighted by Gasteiger charge is 2.15. The molecule has 6 heteroatoms. The van der Waals surface area contributed by atoms with Gasteiger partial charge >= 0.3 is 0 Å². The van der Waals surface area contributed by atoms with Gasteiger partial charge in [-0.2, -0.15) is 0 Å². The average molecular weight is 321 g/mol. The number of carbonyl (C=O) groups is 1. The van der Waals surface area contributed by atoms with Gasteiger partial charge in [0, 0.05) is 10.4 Å². The number of sulfonamides is 1. The average Bonchev–Trinajstić information content (AvgIpc) is 2.88. The van der Waals surface area contributed by atoms with Crippen LogP contribution in [-0.4, -0.2) is 14.3 Å². The lowest BCUT2D eigenvalue weighted by Crippen LogP contribution is -2.29. The third kappa shape index (κ3) is 4.27. The second-order valence-corrected chi connectivity index (χ2v) is 7.16. The maximum atomic E-state index is 12.0. The Bertz CT molecular complexity index is 775. The van der Waals surface area contributed by atoms with Gasteiger partial charge in [0.05, 0.1) is 5.41 Å². The van der Waals surface area contributed by atoms with Gasteiger partial charge in [0.15, 0.2) is 0 Å². The van der Waals surface area contributed by atoms with Crippen molar-refractivity contribution >= 4 is 33.3 Å². The smallest absolute Gasteiger partial charge is 0.265 e. The number of thiophene rings is 1. The highest BCUT2D eigenvalue weighted by atomic mass is 32.2. The van der Waals surface area contributed by atoms with Crippen molar-refractivity contribution in [2.75, 3.05) is 0 Å². The predicted octanol–water partition coefficient (Wildman–Crippen LogP) is 3.10. The van der Waals surface area contributed by atoms with Crippen molar-refractivity contribution in [1.29, 1.82) is 0 Å². The first-order valence-corrected chi connectivity index (χ1v) is 8.66. The van der Waals surface area contributed by atoms with E-state index in [-0.39, 0.29) is 0 Å². The van der Waals surface area contributed by atoms with Gasteiger partial charge in [0.1, 0.15) is 0 Å². The summed E-state index contributed by atoms with van der Waals surface area (Å²) in [6.45, 7) is 3.69. The number of rotatable bonds is 4. The lowest BCUT2D eigenvalue weighted by atomic mass is 10.1. The molecule has 21 heavy (non-hydrogen) atoms. The summed E-state index contributed by atoms with van der Waals surface area (Å²) in [6, 6.07) is 8.85. The lowest BCUT2D eigenvalue weighted by molar-refractivity contribution is 0.0981. The van der Waals surface area contributed by atoms with E-state index in [1.165, 1.54) is 17.4 Å². The standard InChI is InChI=1S/C15H15NO3S2/c1-11-5-6-14(12(2)10-11)15(17)16-21(18,19)9-7-13-4-3-8-20-13/h3-10H,1-2H3,(H,16,17). The van der Waals surface area contributed by atoms with Crippen molar-refractivity contribution in [3.05, 3.63) is 62.7 Å². The molecule has 0 radical (unpaired) electrons. The fourth-order valence-corrected chi connectivity index (χ4v) is 3.30. The Hall–Kier alpha value is -1.92. The lowest BCUT2D eigenvalue weighted by Gasteiger charge is -2.07. The van der Waals surface area contributed by atoms with Gasteiger partial charge < -0.3 is 0 Å². The number of hydrogen-bond donors (Lipinski definition) is 1. The molecule has 1 aromatic heterocycles. The number of amides is 1. The summed E-state index contributed by atoms with van der Waals surface area (Å²) in [5.74, 6) is -0.622. The number of hydrogen-bond acceptors (Lipinski definition) is 4. The first-order chi connectivity index (χ1) is 9.87. The van der Waals surface area contributed by atoms with E-state index in [1.54, 1.807) is 25.1 Å². The number of benzene rings is 1. The van der Waals surface area contributed by atoms with Gasteiger partial charge in [-0.25, -0.2) is 13.1 Å². The van der Waals surface area contributed by atoms with Crippen LogP contribution < -0.4 is 4.72 Å². The van der Waals surface area contributed by atoms with Crippen molar-refractivity contribution in [1.82, 2.24) is 4.72 Å². The maximum Gasteiger partial charge on any atom is 0.265 e.